The molecule has 2 N–H and O–H groups in total. The number of carbonyl (C=O) groups is 1. The predicted octanol–water partition coefficient (Wildman–Crippen LogP) is 1.19. The van der Waals surface area contributed by atoms with Crippen LogP contribution in [-0.2, 0) is 16.0 Å². The van der Waals surface area contributed by atoms with E-state index in [1.807, 2.05) is 24.3 Å². The Balaban J connectivity index is 2.95. The van der Waals surface area contributed by atoms with Crippen molar-refractivity contribution in [2.24, 2.45) is 5.16 Å². The minimum absolute atomic E-state index is 0.173. The summed E-state index contributed by atoms with van der Waals surface area (Å²) in [7, 11) is 1.76. The second-order valence-electron chi connectivity index (χ2n) is 3.72. The first-order valence-corrected chi connectivity index (χ1v) is 5.82. The molecule has 0 unspecified atom stereocenters. The summed E-state index contributed by atoms with van der Waals surface area (Å²) in [5, 5.41) is 15.2. The molecule has 0 aromatic heterocycles. The fourth-order valence-electron chi connectivity index (χ4n) is 1.68. The largest absolute Gasteiger partial charge is 0.466 e. The van der Waals surface area contributed by atoms with Crippen LogP contribution in [0.4, 0.5) is 0 Å². The smallest absolute Gasteiger partial charge is 0.310 e. The molecule has 0 atom stereocenters. The van der Waals surface area contributed by atoms with Crippen LogP contribution in [0, 0.1) is 0 Å². The van der Waals surface area contributed by atoms with Gasteiger partial charge >= 0.3 is 5.97 Å². The predicted molar refractivity (Wildman–Crippen MR) is 69.0 cm³/mol. The number of carbonyl (C=O) groups excluding carboxylic acids is 1. The van der Waals surface area contributed by atoms with E-state index in [1.54, 1.807) is 14.0 Å². The van der Waals surface area contributed by atoms with Crippen LogP contribution in [0.3, 0.4) is 0 Å². The number of nitrogens with zero attached hydrogens (tertiary/aromatic N) is 1. The van der Waals surface area contributed by atoms with Crippen LogP contribution in [0.2, 0.25) is 0 Å². The van der Waals surface area contributed by atoms with E-state index in [4.69, 9.17) is 9.94 Å². The number of esters is 1. The minimum atomic E-state index is -0.285. The lowest BCUT2D eigenvalue weighted by Crippen LogP contribution is -2.21. The zero-order valence-electron chi connectivity index (χ0n) is 10.6. The highest BCUT2D eigenvalue weighted by molar-refractivity contribution is 6.03. The molecule has 0 spiro atoms. The van der Waals surface area contributed by atoms with Crippen molar-refractivity contribution in [3.8, 4) is 0 Å². The summed E-state index contributed by atoms with van der Waals surface area (Å²) in [4.78, 5) is 11.5. The zero-order chi connectivity index (χ0) is 13.4. The van der Waals surface area contributed by atoms with Crippen LogP contribution in [0.15, 0.2) is 29.4 Å². The van der Waals surface area contributed by atoms with Gasteiger partial charge in [0.1, 0.15) is 5.71 Å². The second-order valence-corrected chi connectivity index (χ2v) is 3.72. The molecule has 0 aliphatic heterocycles. The first-order valence-electron chi connectivity index (χ1n) is 5.82. The summed E-state index contributed by atoms with van der Waals surface area (Å²) in [6, 6.07) is 7.32. The Labute approximate surface area is 106 Å². The fourth-order valence-corrected chi connectivity index (χ4v) is 1.68. The number of benzene rings is 1. The highest BCUT2D eigenvalue weighted by Crippen LogP contribution is 2.11. The summed E-state index contributed by atoms with van der Waals surface area (Å²) in [6.07, 6.45) is 0.173. The van der Waals surface area contributed by atoms with Gasteiger partial charge in [0, 0.05) is 12.1 Å². The van der Waals surface area contributed by atoms with Crippen LogP contribution in [0.1, 0.15) is 18.1 Å². The standard InChI is InChI=1S/C13H18N2O3/c1-3-18-13(16)8-10-6-4-5-7-11(10)12(15-17)9-14-2/h4-7,14,17H,3,8-9H2,1-2H3/b15-12+. The molecular formula is C13H18N2O3. The first kappa shape index (κ1) is 14.2. The number of hydrogen-bond donors (Lipinski definition) is 2. The van der Waals surface area contributed by atoms with Crippen molar-refractivity contribution >= 4 is 11.7 Å². The van der Waals surface area contributed by atoms with Gasteiger partial charge < -0.3 is 15.3 Å². The molecule has 0 heterocycles. The minimum Gasteiger partial charge on any atom is -0.466 e. The summed E-state index contributed by atoms with van der Waals surface area (Å²) in [5.41, 5.74) is 2.04. The third kappa shape index (κ3) is 3.85. The van der Waals surface area contributed by atoms with Crippen LogP contribution in [-0.4, -0.2) is 37.1 Å². The lowest BCUT2D eigenvalue weighted by Gasteiger charge is -2.10. The molecule has 1 rings (SSSR count). The molecule has 0 aliphatic rings. The van der Waals surface area contributed by atoms with Gasteiger partial charge in [-0.15, -0.1) is 0 Å². The van der Waals surface area contributed by atoms with Gasteiger partial charge in [-0.1, -0.05) is 29.4 Å². The van der Waals surface area contributed by atoms with E-state index in [1.165, 1.54) is 0 Å². The summed E-state index contributed by atoms with van der Waals surface area (Å²) in [6.45, 7) is 2.56. The number of nitrogens with one attached hydrogen (secondary N) is 1. The van der Waals surface area contributed by atoms with Crippen LogP contribution in [0.5, 0.6) is 0 Å². The molecule has 0 radical (unpaired) electrons. The molecular weight excluding hydrogens is 232 g/mol. The van der Waals surface area contributed by atoms with Gasteiger partial charge in [-0.2, -0.15) is 0 Å². The van der Waals surface area contributed by atoms with E-state index in [9.17, 15) is 4.79 Å². The van der Waals surface area contributed by atoms with Gasteiger partial charge in [0.05, 0.1) is 13.0 Å². The summed E-state index contributed by atoms with van der Waals surface area (Å²) < 4.78 is 4.92. The molecule has 1 aromatic carbocycles. The number of rotatable bonds is 6. The number of hydrogen-bond acceptors (Lipinski definition) is 5. The molecule has 5 nitrogen and oxygen atoms in total. The molecule has 5 heteroatoms. The fraction of sp³-hybridized carbons (Fsp3) is 0.385. The van der Waals surface area contributed by atoms with Gasteiger partial charge in [-0.05, 0) is 19.5 Å². The van der Waals surface area contributed by atoms with E-state index in [0.29, 0.717) is 18.9 Å². The van der Waals surface area contributed by atoms with Gasteiger partial charge in [-0.25, -0.2) is 0 Å². The lowest BCUT2D eigenvalue weighted by molar-refractivity contribution is -0.142. The van der Waals surface area contributed by atoms with E-state index in [0.717, 1.165) is 11.1 Å². The molecule has 18 heavy (non-hydrogen) atoms. The van der Waals surface area contributed by atoms with Gasteiger partial charge in [0.25, 0.3) is 0 Å². The molecule has 0 saturated heterocycles. The first-order chi connectivity index (χ1) is 8.72. The van der Waals surface area contributed by atoms with Crippen molar-refractivity contribution in [2.45, 2.75) is 13.3 Å². The monoisotopic (exact) mass is 250 g/mol. The topological polar surface area (TPSA) is 70.9 Å². The van der Waals surface area contributed by atoms with Gasteiger partial charge in [0.15, 0.2) is 0 Å². The van der Waals surface area contributed by atoms with Gasteiger partial charge in [0.2, 0.25) is 0 Å². The zero-order valence-corrected chi connectivity index (χ0v) is 10.6. The molecule has 0 amide bonds. The third-order valence-electron chi connectivity index (χ3n) is 2.43. The van der Waals surface area contributed by atoms with Crippen molar-refractivity contribution in [1.29, 1.82) is 0 Å². The van der Waals surface area contributed by atoms with E-state index >= 15 is 0 Å². The van der Waals surface area contributed by atoms with Crippen LogP contribution < -0.4 is 5.32 Å². The molecule has 0 bridgehead atoms. The average molecular weight is 250 g/mol. The maximum Gasteiger partial charge on any atom is 0.310 e. The van der Waals surface area contributed by atoms with Crippen LogP contribution in [0.25, 0.3) is 0 Å². The molecule has 0 aliphatic carbocycles. The number of oxime groups is 1. The maximum atomic E-state index is 11.5. The number of likely N-dealkylation sites (N-methyl/N-ethyl adjacent to an activating group) is 1. The lowest BCUT2D eigenvalue weighted by atomic mass is 10.0. The normalized spacial score (nSPS) is 11.3. The average Bonchev–Trinajstić information content (AvgIpc) is 2.37. The molecule has 98 valence electrons. The Morgan fingerprint density at radius 3 is 2.78 bits per heavy atom. The van der Waals surface area contributed by atoms with Crippen molar-refractivity contribution < 1.29 is 14.7 Å². The molecule has 0 saturated carbocycles. The Morgan fingerprint density at radius 1 is 1.44 bits per heavy atom. The van der Waals surface area contributed by atoms with Crippen LogP contribution >= 0.6 is 0 Å². The van der Waals surface area contributed by atoms with Crippen molar-refractivity contribution in [2.75, 3.05) is 20.2 Å². The quantitative estimate of drug-likeness (QED) is 0.344. The summed E-state index contributed by atoms with van der Waals surface area (Å²) >= 11 is 0. The highest BCUT2D eigenvalue weighted by Gasteiger charge is 2.12. The SMILES string of the molecule is CCOC(=O)Cc1ccccc1/C(CNC)=N/O. The summed E-state index contributed by atoms with van der Waals surface area (Å²) in [5.74, 6) is -0.285. The maximum absolute atomic E-state index is 11.5. The van der Waals surface area contributed by atoms with E-state index < -0.39 is 0 Å². The third-order valence-corrected chi connectivity index (χ3v) is 2.43. The second kappa shape index (κ2) is 7.45. The number of ether oxygens (including phenoxy) is 1. The Morgan fingerprint density at radius 2 is 2.17 bits per heavy atom. The van der Waals surface area contributed by atoms with E-state index in [-0.39, 0.29) is 12.4 Å². The van der Waals surface area contributed by atoms with Crippen molar-refractivity contribution in [3.63, 3.8) is 0 Å². The Hall–Kier alpha value is -1.88. The van der Waals surface area contributed by atoms with Gasteiger partial charge in [-0.3, -0.25) is 4.79 Å². The Bertz CT molecular complexity index is 430. The molecule has 0 fully saturated rings. The highest BCUT2D eigenvalue weighted by atomic mass is 16.5. The van der Waals surface area contributed by atoms with Crippen molar-refractivity contribution in [1.82, 2.24) is 5.32 Å². The Kier molecular flexibility index (Phi) is 5.87. The van der Waals surface area contributed by atoms with Crippen molar-refractivity contribution in [3.05, 3.63) is 35.4 Å². The van der Waals surface area contributed by atoms with E-state index in [2.05, 4.69) is 10.5 Å². The molecule has 1 aromatic rings.